The van der Waals surface area contributed by atoms with Gasteiger partial charge in [-0.15, -0.1) is 0 Å². The number of carbonyl (C=O) groups is 3. The SMILES string of the molecule is NC(Cc1ccc(O)cc1)C(=O)NC(CO)C(=O)NC(Cc1ccc(O)cc1)C(=O)O. The molecule has 0 saturated heterocycles. The summed E-state index contributed by atoms with van der Waals surface area (Å²) in [4.78, 5) is 36.3. The van der Waals surface area contributed by atoms with Crippen molar-refractivity contribution >= 4 is 17.8 Å². The van der Waals surface area contributed by atoms with Crippen LogP contribution < -0.4 is 16.4 Å². The normalized spacial score (nSPS) is 13.6. The molecule has 0 aromatic heterocycles. The number of amides is 2. The number of hydrogen-bond donors (Lipinski definition) is 7. The van der Waals surface area contributed by atoms with E-state index in [1.807, 2.05) is 0 Å². The molecule has 0 saturated carbocycles. The first-order valence-corrected chi connectivity index (χ1v) is 9.45. The maximum Gasteiger partial charge on any atom is 0.326 e. The van der Waals surface area contributed by atoms with Crippen molar-refractivity contribution in [2.24, 2.45) is 5.73 Å². The maximum absolute atomic E-state index is 12.4. The Labute approximate surface area is 178 Å². The number of carbonyl (C=O) groups excluding carboxylic acids is 2. The molecule has 0 aliphatic heterocycles. The molecule has 2 rings (SSSR count). The second-order valence-electron chi connectivity index (χ2n) is 6.99. The van der Waals surface area contributed by atoms with Gasteiger partial charge >= 0.3 is 5.97 Å². The number of aliphatic hydroxyl groups excluding tert-OH is 1. The average Bonchev–Trinajstić information content (AvgIpc) is 2.74. The highest BCUT2D eigenvalue weighted by Gasteiger charge is 2.27. The van der Waals surface area contributed by atoms with E-state index in [0.29, 0.717) is 11.1 Å². The zero-order chi connectivity index (χ0) is 23.0. The van der Waals surface area contributed by atoms with Crippen LogP contribution >= 0.6 is 0 Å². The van der Waals surface area contributed by atoms with Gasteiger partial charge in [0.1, 0.15) is 23.6 Å². The molecule has 10 heteroatoms. The minimum Gasteiger partial charge on any atom is -0.508 e. The molecule has 2 aromatic carbocycles. The van der Waals surface area contributed by atoms with Gasteiger partial charge in [-0.1, -0.05) is 24.3 Å². The van der Waals surface area contributed by atoms with E-state index >= 15 is 0 Å². The predicted octanol–water partition coefficient (Wildman–Crippen LogP) is -0.743. The fourth-order valence-electron chi connectivity index (χ4n) is 2.79. The van der Waals surface area contributed by atoms with Gasteiger partial charge in [0.25, 0.3) is 0 Å². The number of phenols is 2. The first-order valence-electron chi connectivity index (χ1n) is 9.45. The molecule has 3 unspecified atom stereocenters. The van der Waals surface area contributed by atoms with Crippen LogP contribution in [-0.2, 0) is 27.2 Å². The quantitative estimate of drug-likeness (QED) is 0.256. The molecule has 0 heterocycles. The van der Waals surface area contributed by atoms with Crippen molar-refractivity contribution in [3.8, 4) is 11.5 Å². The summed E-state index contributed by atoms with van der Waals surface area (Å²) >= 11 is 0. The molecule has 2 amide bonds. The van der Waals surface area contributed by atoms with E-state index < -0.39 is 42.5 Å². The van der Waals surface area contributed by atoms with E-state index in [4.69, 9.17) is 5.73 Å². The minimum absolute atomic E-state index is 0.0198. The average molecular weight is 431 g/mol. The fourth-order valence-corrected chi connectivity index (χ4v) is 2.79. The Hall–Kier alpha value is -3.63. The predicted molar refractivity (Wildman–Crippen MR) is 110 cm³/mol. The van der Waals surface area contributed by atoms with Crippen LogP contribution in [0, 0.1) is 0 Å². The molecule has 166 valence electrons. The van der Waals surface area contributed by atoms with E-state index in [-0.39, 0.29) is 24.3 Å². The molecular weight excluding hydrogens is 406 g/mol. The summed E-state index contributed by atoms with van der Waals surface area (Å²) in [5.74, 6) is -2.79. The first kappa shape index (κ1) is 23.6. The molecule has 0 radical (unpaired) electrons. The third-order valence-corrected chi connectivity index (χ3v) is 4.54. The van der Waals surface area contributed by atoms with Crippen molar-refractivity contribution < 1.29 is 34.8 Å². The van der Waals surface area contributed by atoms with E-state index in [1.165, 1.54) is 36.4 Å². The van der Waals surface area contributed by atoms with Gasteiger partial charge in [-0.25, -0.2) is 4.79 Å². The van der Waals surface area contributed by atoms with Crippen molar-refractivity contribution in [1.82, 2.24) is 10.6 Å². The van der Waals surface area contributed by atoms with E-state index in [1.54, 1.807) is 12.1 Å². The fraction of sp³-hybridized carbons (Fsp3) is 0.286. The van der Waals surface area contributed by atoms with Crippen LogP contribution in [0.5, 0.6) is 11.5 Å². The van der Waals surface area contributed by atoms with Crippen molar-refractivity contribution in [3.05, 3.63) is 59.7 Å². The topological polar surface area (TPSA) is 182 Å². The van der Waals surface area contributed by atoms with Gasteiger partial charge < -0.3 is 36.8 Å². The Balaban J connectivity index is 1.96. The van der Waals surface area contributed by atoms with Gasteiger partial charge in [-0.2, -0.15) is 0 Å². The molecule has 0 spiro atoms. The Morgan fingerprint density at radius 1 is 0.774 bits per heavy atom. The number of aliphatic hydroxyl groups is 1. The van der Waals surface area contributed by atoms with E-state index in [0.717, 1.165) is 0 Å². The summed E-state index contributed by atoms with van der Waals surface area (Å²) < 4.78 is 0. The molecule has 0 aliphatic rings. The number of carboxylic acids is 1. The van der Waals surface area contributed by atoms with Crippen molar-refractivity contribution in [1.29, 1.82) is 0 Å². The van der Waals surface area contributed by atoms with Crippen molar-refractivity contribution in [2.45, 2.75) is 31.0 Å². The Morgan fingerprint density at radius 3 is 1.68 bits per heavy atom. The van der Waals surface area contributed by atoms with Gasteiger partial charge in [0.2, 0.25) is 11.8 Å². The van der Waals surface area contributed by atoms with E-state index in [2.05, 4.69) is 10.6 Å². The number of nitrogens with one attached hydrogen (secondary N) is 2. The van der Waals surface area contributed by atoms with Gasteiger partial charge in [0.15, 0.2) is 0 Å². The number of rotatable bonds is 10. The third-order valence-electron chi connectivity index (χ3n) is 4.54. The molecule has 3 atom stereocenters. The summed E-state index contributed by atoms with van der Waals surface area (Å²) in [6.07, 6.45) is 0.0678. The number of benzene rings is 2. The van der Waals surface area contributed by atoms with Crippen LogP contribution in [0.15, 0.2) is 48.5 Å². The molecule has 0 fully saturated rings. The van der Waals surface area contributed by atoms with Gasteiger partial charge in [0.05, 0.1) is 12.6 Å². The summed E-state index contributed by atoms with van der Waals surface area (Å²) in [6.45, 7) is -0.755. The van der Waals surface area contributed by atoms with Crippen LogP contribution in [0.3, 0.4) is 0 Å². The standard InChI is InChI=1S/C21H25N3O7/c22-16(9-12-1-5-14(26)6-2-12)19(28)24-18(11-25)20(29)23-17(21(30)31)10-13-3-7-15(27)8-4-13/h1-8,16-18,25-27H,9-11,22H2,(H,23,29)(H,24,28)(H,30,31). The molecule has 31 heavy (non-hydrogen) atoms. The van der Waals surface area contributed by atoms with Gasteiger partial charge in [0, 0.05) is 6.42 Å². The highest BCUT2D eigenvalue weighted by Crippen LogP contribution is 2.12. The number of aromatic hydroxyl groups is 2. The number of hydrogen-bond acceptors (Lipinski definition) is 7. The van der Waals surface area contributed by atoms with Crippen LogP contribution in [0.1, 0.15) is 11.1 Å². The van der Waals surface area contributed by atoms with Crippen molar-refractivity contribution in [3.63, 3.8) is 0 Å². The van der Waals surface area contributed by atoms with Crippen molar-refractivity contribution in [2.75, 3.05) is 6.61 Å². The molecule has 0 aliphatic carbocycles. The minimum atomic E-state index is -1.39. The third kappa shape index (κ3) is 7.28. The number of phenolic OH excluding ortho intramolecular Hbond substituents is 2. The lowest BCUT2D eigenvalue weighted by Gasteiger charge is -2.21. The second kappa shape index (κ2) is 11.0. The van der Waals surface area contributed by atoms with Crippen LogP contribution in [0.4, 0.5) is 0 Å². The van der Waals surface area contributed by atoms with Crippen LogP contribution in [0.25, 0.3) is 0 Å². The Morgan fingerprint density at radius 2 is 1.23 bits per heavy atom. The molecule has 0 bridgehead atoms. The van der Waals surface area contributed by atoms with E-state index in [9.17, 15) is 34.8 Å². The monoisotopic (exact) mass is 431 g/mol. The Bertz CT molecular complexity index is 900. The summed E-state index contributed by atoms with van der Waals surface area (Å²) in [7, 11) is 0. The summed E-state index contributed by atoms with van der Waals surface area (Å²) in [5.41, 5.74) is 7.10. The summed E-state index contributed by atoms with van der Waals surface area (Å²) in [6, 6.07) is 8.18. The number of nitrogens with two attached hydrogens (primary N) is 1. The zero-order valence-electron chi connectivity index (χ0n) is 16.6. The summed E-state index contributed by atoms with van der Waals surface area (Å²) in [5, 5.41) is 42.1. The zero-order valence-corrected chi connectivity index (χ0v) is 16.6. The molecule has 10 nitrogen and oxygen atoms in total. The largest absolute Gasteiger partial charge is 0.508 e. The van der Waals surface area contributed by atoms with Gasteiger partial charge in [-0.05, 0) is 41.8 Å². The highest BCUT2D eigenvalue weighted by atomic mass is 16.4. The van der Waals surface area contributed by atoms with Crippen LogP contribution in [-0.4, -0.2) is 62.9 Å². The lowest BCUT2D eigenvalue weighted by atomic mass is 10.0. The number of aliphatic carboxylic acids is 1. The lowest BCUT2D eigenvalue weighted by Crippen LogP contribution is -2.56. The first-order chi connectivity index (χ1) is 14.7. The van der Waals surface area contributed by atoms with Gasteiger partial charge in [-0.3, -0.25) is 9.59 Å². The Kier molecular flexibility index (Phi) is 8.35. The second-order valence-corrected chi connectivity index (χ2v) is 6.99. The lowest BCUT2D eigenvalue weighted by molar-refractivity contribution is -0.142. The molecule has 8 N–H and O–H groups in total. The smallest absolute Gasteiger partial charge is 0.326 e. The maximum atomic E-state index is 12.4. The number of carboxylic acid groups (broad SMARTS) is 1. The molecular formula is C21H25N3O7. The molecule has 2 aromatic rings. The highest BCUT2D eigenvalue weighted by molar-refractivity contribution is 5.92. The van der Waals surface area contributed by atoms with Crippen LogP contribution in [0.2, 0.25) is 0 Å².